The van der Waals surface area contributed by atoms with E-state index in [1.165, 1.54) is 0 Å². The highest BCUT2D eigenvalue weighted by molar-refractivity contribution is 6.33. The fourth-order valence-electron chi connectivity index (χ4n) is 1.49. The Morgan fingerprint density at radius 3 is 2.82 bits per heavy atom. The van der Waals surface area contributed by atoms with Crippen LogP contribution in [-0.4, -0.2) is 12.6 Å². The minimum Gasteiger partial charge on any atom is -0.462 e. The molecule has 0 aromatic heterocycles. The Hall–Kier alpha value is -1.22. The van der Waals surface area contributed by atoms with Crippen LogP contribution >= 0.6 is 11.6 Å². The number of benzene rings is 1. The second-order valence-corrected chi connectivity index (χ2v) is 4.30. The highest BCUT2D eigenvalue weighted by atomic mass is 35.5. The minimum absolute atomic E-state index is 0.285. The first-order valence-corrected chi connectivity index (χ1v) is 6.25. The molecule has 0 atom stereocenters. The van der Waals surface area contributed by atoms with E-state index in [1.807, 2.05) is 0 Å². The van der Waals surface area contributed by atoms with E-state index in [4.69, 9.17) is 22.1 Å². The zero-order valence-electron chi connectivity index (χ0n) is 10.0. The lowest BCUT2D eigenvalue weighted by atomic mass is 10.2. The van der Waals surface area contributed by atoms with Gasteiger partial charge >= 0.3 is 5.97 Å². The van der Waals surface area contributed by atoms with Crippen molar-refractivity contribution in [2.75, 3.05) is 12.3 Å². The molecule has 0 saturated heterocycles. The van der Waals surface area contributed by atoms with Gasteiger partial charge in [-0.25, -0.2) is 4.79 Å². The van der Waals surface area contributed by atoms with E-state index in [1.54, 1.807) is 18.2 Å². The van der Waals surface area contributed by atoms with Crippen LogP contribution in [0.5, 0.6) is 0 Å². The Kier molecular flexibility index (Phi) is 5.84. The average molecular weight is 256 g/mol. The molecule has 0 fully saturated rings. The molecule has 3 nitrogen and oxygen atoms in total. The third-order valence-corrected chi connectivity index (χ3v) is 2.83. The fourth-order valence-corrected chi connectivity index (χ4v) is 1.66. The lowest BCUT2D eigenvalue weighted by Crippen LogP contribution is -2.09. The second kappa shape index (κ2) is 7.17. The van der Waals surface area contributed by atoms with Gasteiger partial charge in [-0.15, -0.1) is 0 Å². The van der Waals surface area contributed by atoms with Crippen LogP contribution in [0.3, 0.4) is 0 Å². The van der Waals surface area contributed by atoms with Crippen molar-refractivity contribution in [1.82, 2.24) is 0 Å². The van der Waals surface area contributed by atoms with Gasteiger partial charge in [0.15, 0.2) is 0 Å². The molecule has 1 aromatic rings. The molecular formula is C13H18ClNO2. The maximum Gasteiger partial charge on any atom is 0.340 e. The zero-order valence-corrected chi connectivity index (χ0v) is 10.8. The molecule has 94 valence electrons. The van der Waals surface area contributed by atoms with Crippen molar-refractivity contribution in [2.24, 2.45) is 0 Å². The fraction of sp³-hybridized carbons (Fsp3) is 0.462. The van der Waals surface area contributed by atoms with Crippen LogP contribution in [0, 0.1) is 0 Å². The van der Waals surface area contributed by atoms with Gasteiger partial charge in [0.2, 0.25) is 0 Å². The summed E-state index contributed by atoms with van der Waals surface area (Å²) in [7, 11) is 0. The van der Waals surface area contributed by atoms with Gasteiger partial charge in [-0.3, -0.25) is 0 Å². The van der Waals surface area contributed by atoms with Gasteiger partial charge in [0.05, 0.1) is 22.9 Å². The second-order valence-electron chi connectivity index (χ2n) is 3.90. The third kappa shape index (κ3) is 4.27. The smallest absolute Gasteiger partial charge is 0.340 e. The van der Waals surface area contributed by atoms with E-state index in [0.29, 0.717) is 17.2 Å². The molecule has 0 spiro atoms. The zero-order chi connectivity index (χ0) is 12.7. The minimum atomic E-state index is -0.401. The molecule has 0 bridgehead atoms. The van der Waals surface area contributed by atoms with Crippen molar-refractivity contribution in [2.45, 2.75) is 32.6 Å². The van der Waals surface area contributed by atoms with Crippen LogP contribution in [0.1, 0.15) is 43.0 Å². The molecule has 4 heteroatoms. The SMILES string of the molecule is CCCCCCOC(=O)c1cccc(Cl)c1N. The summed E-state index contributed by atoms with van der Waals surface area (Å²) < 4.78 is 5.13. The standard InChI is InChI=1S/C13H18ClNO2/c1-2-3-4-5-9-17-13(16)10-7-6-8-11(14)12(10)15/h6-8H,2-5,9,15H2,1H3. The lowest BCUT2D eigenvalue weighted by Gasteiger charge is -2.07. The summed E-state index contributed by atoms with van der Waals surface area (Å²) in [6.07, 6.45) is 4.29. The number of unbranched alkanes of at least 4 members (excludes halogenated alkanes) is 3. The van der Waals surface area contributed by atoms with E-state index >= 15 is 0 Å². The van der Waals surface area contributed by atoms with Crippen molar-refractivity contribution in [3.05, 3.63) is 28.8 Å². The maximum absolute atomic E-state index is 11.7. The number of hydrogen-bond donors (Lipinski definition) is 1. The first-order valence-electron chi connectivity index (χ1n) is 5.88. The molecule has 1 aromatic carbocycles. The quantitative estimate of drug-likeness (QED) is 0.479. The summed E-state index contributed by atoms with van der Waals surface area (Å²) in [6, 6.07) is 4.96. The largest absolute Gasteiger partial charge is 0.462 e. The Bertz CT molecular complexity index is 380. The summed E-state index contributed by atoms with van der Waals surface area (Å²) in [4.78, 5) is 11.7. The number of carbonyl (C=O) groups is 1. The number of halogens is 1. The predicted octanol–water partition coefficient (Wildman–Crippen LogP) is 3.66. The maximum atomic E-state index is 11.7. The Labute approximate surface area is 107 Å². The molecule has 0 amide bonds. The number of rotatable bonds is 6. The van der Waals surface area contributed by atoms with E-state index in [9.17, 15) is 4.79 Å². The summed E-state index contributed by atoms with van der Waals surface area (Å²) in [6.45, 7) is 2.57. The molecule has 0 aliphatic carbocycles. The summed E-state index contributed by atoms with van der Waals surface area (Å²) in [5.74, 6) is -0.401. The van der Waals surface area contributed by atoms with Crippen molar-refractivity contribution >= 4 is 23.3 Å². The van der Waals surface area contributed by atoms with Gasteiger partial charge in [0.25, 0.3) is 0 Å². The number of anilines is 1. The van der Waals surface area contributed by atoms with Crippen LogP contribution in [0.15, 0.2) is 18.2 Å². The van der Waals surface area contributed by atoms with E-state index < -0.39 is 5.97 Å². The van der Waals surface area contributed by atoms with Crippen LogP contribution in [-0.2, 0) is 4.74 Å². The lowest BCUT2D eigenvalue weighted by molar-refractivity contribution is 0.0499. The van der Waals surface area contributed by atoms with Crippen LogP contribution in [0.2, 0.25) is 5.02 Å². The number of para-hydroxylation sites is 1. The molecule has 0 radical (unpaired) electrons. The monoisotopic (exact) mass is 255 g/mol. The van der Waals surface area contributed by atoms with E-state index in [0.717, 1.165) is 25.7 Å². The number of hydrogen-bond acceptors (Lipinski definition) is 3. The summed E-state index contributed by atoms with van der Waals surface area (Å²) >= 11 is 5.83. The number of nitrogen functional groups attached to an aromatic ring is 1. The normalized spacial score (nSPS) is 10.2. The molecular weight excluding hydrogens is 238 g/mol. The Balaban J connectivity index is 2.44. The van der Waals surface area contributed by atoms with Gasteiger partial charge in [0, 0.05) is 0 Å². The van der Waals surface area contributed by atoms with Gasteiger partial charge in [-0.05, 0) is 18.6 Å². The molecule has 2 N–H and O–H groups in total. The summed E-state index contributed by atoms with van der Waals surface area (Å²) in [5.41, 5.74) is 6.33. The van der Waals surface area contributed by atoms with Crippen LogP contribution in [0.25, 0.3) is 0 Å². The van der Waals surface area contributed by atoms with E-state index in [-0.39, 0.29) is 5.69 Å². The summed E-state index contributed by atoms with van der Waals surface area (Å²) in [5, 5.41) is 0.380. The highest BCUT2D eigenvalue weighted by Crippen LogP contribution is 2.22. The number of carbonyl (C=O) groups excluding carboxylic acids is 1. The van der Waals surface area contributed by atoms with Gasteiger partial charge in [0.1, 0.15) is 0 Å². The Morgan fingerprint density at radius 2 is 2.12 bits per heavy atom. The number of esters is 1. The average Bonchev–Trinajstić information content (AvgIpc) is 2.32. The number of ether oxygens (including phenoxy) is 1. The van der Waals surface area contributed by atoms with E-state index in [2.05, 4.69) is 6.92 Å². The molecule has 0 heterocycles. The third-order valence-electron chi connectivity index (χ3n) is 2.50. The topological polar surface area (TPSA) is 52.3 Å². The first-order chi connectivity index (χ1) is 8.16. The van der Waals surface area contributed by atoms with Gasteiger partial charge in [-0.2, -0.15) is 0 Å². The van der Waals surface area contributed by atoms with Crippen molar-refractivity contribution in [3.63, 3.8) is 0 Å². The van der Waals surface area contributed by atoms with Crippen LogP contribution in [0.4, 0.5) is 5.69 Å². The molecule has 0 aliphatic rings. The predicted molar refractivity (Wildman–Crippen MR) is 70.3 cm³/mol. The molecule has 17 heavy (non-hydrogen) atoms. The Morgan fingerprint density at radius 1 is 1.35 bits per heavy atom. The van der Waals surface area contributed by atoms with Crippen molar-refractivity contribution < 1.29 is 9.53 Å². The van der Waals surface area contributed by atoms with Crippen molar-refractivity contribution in [3.8, 4) is 0 Å². The molecule has 0 unspecified atom stereocenters. The molecule has 0 saturated carbocycles. The van der Waals surface area contributed by atoms with Gasteiger partial charge in [-0.1, -0.05) is 43.9 Å². The number of nitrogens with two attached hydrogens (primary N) is 1. The van der Waals surface area contributed by atoms with Gasteiger partial charge < -0.3 is 10.5 Å². The highest BCUT2D eigenvalue weighted by Gasteiger charge is 2.12. The van der Waals surface area contributed by atoms with Crippen LogP contribution < -0.4 is 5.73 Å². The van der Waals surface area contributed by atoms with Crippen molar-refractivity contribution in [1.29, 1.82) is 0 Å². The molecule has 0 aliphatic heterocycles. The first kappa shape index (κ1) is 13.8. The molecule has 1 rings (SSSR count).